The smallest absolute Gasteiger partial charge is 0.260 e. The first-order valence-corrected chi connectivity index (χ1v) is 10.8. The van der Waals surface area contributed by atoms with Gasteiger partial charge in [0, 0.05) is 25.2 Å². The molecule has 0 bridgehead atoms. The van der Waals surface area contributed by atoms with E-state index < -0.39 is 0 Å². The molecule has 1 aliphatic heterocycles. The van der Waals surface area contributed by atoms with Crippen molar-refractivity contribution in [3.63, 3.8) is 0 Å². The van der Waals surface area contributed by atoms with Crippen LogP contribution in [0.5, 0.6) is 0 Å². The number of hydrazine groups is 1. The molecule has 6 nitrogen and oxygen atoms in total. The van der Waals surface area contributed by atoms with Crippen molar-refractivity contribution in [2.45, 2.75) is 45.4 Å². The highest BCUT2D eigenvalue weighted by atomic mass is 32.1. The molecular weight excluding hydrogens is 384 g/mol. The van der Waals surface area contributed by atoms with Crippen LogP contribution in [0, 0.1) is 6.92 Å². The standard InChI is InChI=1S/C22H30N4O2S/c1-17-8-5-6-11-19(17)21(28)24-16-20(27)25-14-7-15-26(25)22(29)23-13-12-18-9-3-2-4-10-18/h5-6,8-9,11H,2-4,7,10,12-16H2,1H3,(H,23,29)(H,24,28). The van der Waals surface area contributed by atoms with Crippen molar-refractivity contribution in [3.05, 3.63) is 47.0 Å². The van der Waals surface area contributed by atoms with Crippen molar-refractivity contribution in [1.82, 2.24) is 20.7 Å². The summed E-state index contributed by atoms with van der Waals surface area (Å²) >= 11 is 5.52. The van der Waals surface area contributed by atoms with E-state index in [4.69, 9.17) is 12.2 Å². The molecule has 29 heavy (non-hydrogen) atoms. The number of hydrogen-bond acceptors (Lipinski definition) is 3. The van der Waals surface area contributed by atoms with Crippen LogP contribution < -0.4 is 10.6 Å². The number of benzene rings is 1. The van der Waals surface area contributed by atoms with Crippen molar-refractivity contribution in [3.8, 4) is 0 Å². The van der Waals surface area contributed by atoms with Gasteiger partial charge in [0.05, 0.1) is 6.54 Å². The van der Waals surface area contributed by atoms with Crippen molar-refractivity contribution in [2.75, 3.05) is 26.2 Å². The zero-order valence-electron chi connectivity index (χ0n) is 17.1. The third kappa shape index (κ3) is 5.79. The highest BCUT2D eigenvalue weighted by Gasteiger charge is 2.28. The number of hydrogen-bond donors (Lipinski definition) is 2. The fourth-order valence-corrected chi connectivity index (χ4v) is 4.10. The summed E-state index contributed by atoms with van der Waals surface area (Å²) in [4.78, 5) is 25.0. The van der Waals surface area contributed by atoms with Gasteiger partial charge in [-0.05, 0) is 69.3 Å². The summed E-state index contributed by atoms with van der Waals surface area (Å²) in [5.41, 5.74) is 2.98. The van der Waals surface area contributed by atoms with E-state index in [1.165, 1.54) is 31.3 Å². The van der Waals surface area contributed by atoms with E-state index in [-0.39, 0.29) is 18.4 Å². The number of allylic oxidation sites excluding steroid dienone is 1. The van der Waals surface area contributed by atoms with Crippen molar-refractivity contribution >= 4 is 29.1 Å². The van der Waals surface area contributed by atoms with Crippen LogP contribution in [0.1, 0.15) is 54.4 Å². The molecule has 0 saturated carbocycles. The van der Waals surface area contributed by atoms with E-state index in [2.05, 4.69) is 16.7 Å². The van der Waals surface area contributed by atoms with E-state index in [0.717, 1.165) is 24.9 Å². The van der Waals surface area contributed by atoms with Crippen LogP contribution in [0.15, 0.2) is 35.9 Å². The second-order valence-electron chi connectivity index (χ2n) is 7.58. The van der Waals surface area contributed by atoms with Crippen LogP contribution in [-0.4, -0.2) is 53.1 Å². The summed E-state index contributed by atoms with van der Waals surface area (Å²) in [5.74, 6) is -0.382. The maximum atomic E-state index is 12.7. The lowest BCUT2D eigenvalue weighted by Gasteiger charge is -2.30. The average molecular weight is 415 g/mol. The third-order valence-corrected chi connectivity index (χ3v) is 5.81. The van der Waals surface area contributed by atoms with E-state index in [1.807, 2.05) is 30.1 Å². The lowest BCUT2D eigenvalue weighted by molar-refractivity contribution is -0.137. The summed E-state index contributed by atoms with van der Waals surface area (Å²) in [5, 5.41) is 10.1. The lowest BCUT2D eigenvalue weighted by atomic mass is 9.97. The minimum Gasteiger partial charge on any atom is -0.361 e. The molecular formula is C22H30N4O2S. The zero-order chi connectivity index (χ0) is 20.6. The Morgan fingerprint density at radius 3 is 2.62 bits per heavy atom. The number of carbonyl (C=O) groups excluding carboxylic acids is 2. The largest absolute Gasteiger partial charge is 0.361 e. The van der Waals surface area contributed by atoms with Gasteiger partial charge in [-0.1, -0.05) is 29.8 Å². The first kappa shape index (κ1) is 21.3. The molecule has 156 valence electrons. The quantitative estimate of drug-likeness (QED) is 0.554. The number of carbonyl (C=O) groups is 2. The van der Waals surface area contributed by atoms with Gasteiger partial charge in [-0.15, -0.1) is 0 Å². The summed E-state index contributed by atoms with van der Waals surface area (Å²) < 4.78 is 0. The molecule has 0 atom stereocenters. The first-order valence-electron chi connectivity index (χ1n) is 10.4. The molecule has 2 N–H and O–H groups in total. The van der Waals surface area contributed by atoms with Gasteiger partial charge in [0.25, 0.3) is 11.8 Å². The summed E-state index contributed by atoms with van der Waals surface area (Å²) in [7, 11) is 0. The summed E-state index contributed by atoms with van der Waals surface area (Å²) in [6, 6.07) is 7.35. The Morgan fingerprint density at radius 1 is 1.07 bits per heavy atom. The fourth-order valence-electron chi connectivity index (χ4n) is 3.81. The summed E-state index contributed by atoms with van der Waals surface area (Å²) in [6.07, 6.45) is 9.14. The molecule has 2 aliphatic rings. The molecule has 1 aliphatic carbocycles. The minimum atomic E-state index is -0.233. The third-order valence-electron chi connectivity index (χ3n) is 5.45. The summed E-state index contributed by atoms with van der Waals surface area (Å²) in [6.45, 7) is 3.96. The maximum Gasteiger partial charge on any atom is 0.260 e. The Kier molecular flexibility index (Phi) is 7.63. The van der Waals surface area contributed by atoms with Crippen LogP contribution in [-0.2, 0) is 4.79 Å². The van der Waals surface area contributed by atoms with Crippen LogP contribution >= 0.6 is 12.2 Å². The first-order chi connectivity index (χ1) is 14.1. The van der Waals surface area contributed by atoms with Crippen molar-refractivity contribution in [2.24, 2.45) is 0 Å². The van der Waals surface area contributed by atoms with Gasteiger partial charge in [-0.2, -0.15) is 0 Å². The van der Waals surface area contributed by atoms with Crippen LogP contribution in [0.4, 0.5) is 0 Å². The molecule has 0 spiro atoms. The van der Waals surface area contributed by atoms with E-state index in [9.17, 15) is 9.59 Å². The predicted molar refractivity (Wildman–Crippen MR) is 118 cm³/mol. The highest BCUT2D eigenvalue weighted by Crippen LogP contribution is 2.19. The normalized spacial score (nSPS) is 16.4. The van der Waals surface area contributed by atoms with Gasteiger partial charge in [0.2, 0.25) is 0 Å². The van der Waals surface area contributed by atoms with E-state index >= 15 is 0 Å². The van der Waals surface area contributed by atoms with E-state index in [1.54, 1.807) is 11.1 Å². The topological polar surface area (TPSA) is 64.7 Å². The average Bonchev–Trinajstić information content (AvgIpc) is 3.23. The minimum absolute atomic E-state index is 0.0425. The lowest BCUT2D eigenvalue weighted by Crippen LogP contribution is -2.51. The maximum absolute atomic E-state index is 12.7. The molecule has 1 heterocycles. The molecule has 1 fully saturated rings. The van der Waals surface area contributed by atoms with Gasteiger partial charge in [-0.3, -0.25) is 19.6 Å². The Morgan fingerprint density at radius 2 is 1.86 bits per heavy atom. The van der Waals surface area contributed by atoms with Gasteiger partial charge < -0.3 is 10.6 Å². The van der Waals surface area contributed by atoms with Crippen LogP contribution in [0.2, 0.25) is 0 Å². The Labute approximate surface area is 178 Å². The number of nitrogens with one attached hydrogen (secondary N) is 2. The monoisotopic (exact) mass is 414 g/mol. The molecule has 0 unspecified atom stereocenters. The molecule has 0 radical (unpaired) electrons. The predicted octanol–water partition coefficient (Wildman–Crippen LogP) is 2.94. The Hall–Kier alpha value is -2.41. The van der Waals surface area contributed by atoms with Gasteiger partial charge in [0.1, 0.15) is 0 Å². The highest BCUT2D eigenvalue weighted by molar-refractivity contribution is 7.80. The van der Waals surface area contributed by atoms with Gasteiger partial charge >= 0.3 is 0 Å². The molecule has 7 heteroatoms. The molecule has 1 saturated heterocycles. The number of amides is 2. The molecule has 0 aromatic heterocycles. The van der Waals surface area contributed by atoms with Crippen LogP contribution in [0.3, 0.4) is 0 Å². The second-order valence-corrected chi connectivity index (χ2v) is 7.97. The molecule has 3 rings (SSSR count). The van der Waals surface area contributed by atoms with Crippen molar-refractivity contribution < 1.29 is 9.59 Å². The zero-order valence-corrected chi connectivity index (χ0v) is 17.9. The van der Waals surface area contributed by atoms with Crippen molar-refractivity contribution in [1.29, 1.82) is 0 Å². The van der Waals surface area contributed by atoms with Crippen LogP contribution in [0.25, 0.3) is 0 Å². The number of aryl methyl sites for hydroxylation is 1. The number of rotatable bonds is 6. The Balaban J connectivity index is 1.46. The molecule has 1 aromatic carbocycles. The fraction of sp³-hybridized carbons (Fsp3) is 0.500. The number of thiocarbonyl (C=S) groups is 1. The van der Waals surface area contributed by atoms with E-state index in [0.29, 0.717) is 23.8 Å². The Bertz CT molecular complexity index is 793. The molecule has 1 aromatic rings. The second kappa shape index (κ2) is 10.4. The molecule has 2 amide bonds. The SMILES string of the molecule is Cc1ccccc1C(=O)NCC(=O)N1CCCN1C(=S)NCCC1=CCCCC1. The number of nitrogens with zero attached hydrogens (tertiary/aromatic N) is 2. The van der Waals surface area contributed by atoms with Gasteiger partial charge in [0.15, 0.2) is 5.11 Å². The van der Waals surface area contributed by atoms with Gasteiger partial charge in [-0.25, -0.2) is 0 Å².